The number of benzene rings is 1. The second kappa shape index (κ2) is 17.5. The molecule has 1 fully saturated rings. The van der Waals surface area contributed by atoms with E-state index in [1.54, 1.807) is 35.2 Å². The van der Waals surface area contributed by atoms with E-state index in [2.05, 4.69) is 31.9 Å². The third-order valence-electron chi connectivity index (χ3n) is 6.92. The average Bonchev–Trinajstić information content (AvgIpc) is 3.31. The van der Waals surface area contributed by atoms with Crippen molar-refractivity contribution in [1.82, 2.24) is 9.80 Å². The number of ketones is 2. The molecule has 0 amide bonds. The van der Waals surface area contributed by atoms with Crippen molar-refractivity contribution in [1.29, 1.82) is 0 Å². The van der Waals surface area contributed by atoms with Gasteiger partial charge in [0.1, 0.15) is 17.3 Å². The van der Waals surface area contributed by atoms with E-state index in [4.69, 9.17) is 18.0 Å². The van der Waals surface area contributed by atoms with E-state index >= 15 is 0 Å². The van der Waals surface area contributed by atoms with E-state index in [9.17, 15) is 9.59 Å². The van der Waals surface area contributed by atoms with Crippen LogP contribution in [0.4, 0.5) is 0 Å². The van der Waals surface area contributed by atoms with Crippen molar-refractivity contribution in [2.45, 2.75) is 59.2 Å². The van der Waals surface area contributed by atoms with Crippen LogP contribution in [0, 0.1) is 0 Å². The molecule has 10 nitrogen and oxygen atoms in total. The van der Waals surface area contributed by atoms with Crippen molar-refractivity contribution in [3.05, 3.63) is 29.8 Å². The summed E-state index contributed by atoms with van der Waals surface area (Å²) >= 11 is 0. The van der Waals surface area contributed by atoms with Crippen LogP contribution in [0.15, 0.2) is 34.3 Å². The van der Waals surface area contributed by atoms with Gasteiger partial charge in [-0.25, -0.2) is 0 Å². The minimum Gasteiger partial charge on any atom is -0.494 e. The van der Waals surface area contributed by atoms with Crippen molar-refractivity contribution in [3.8, 4) is 5.75 Å². The first-order valence-electron chi connectivity index (χ1n) is 14.0. The van der Waals surface area contributed by atoms with Gasteiger partial charge in [-0.3, -0.25) is 29.4 Å². The van der Waals surface area contributed by atoms with Gasteiger partial charge in [-0.15, -0.1) is 0 Å². The standard InChI is InChI=1S/C29H48N4O6Si/c1-23(21-25(3)34)30-13-15-32-17-18-33(16-14-31-24(2)22-26(4)35)29(32)27-9-11-28(12-10-27)39-19-8-20-40(36-5,37-6)38-7/h9-12,29H,8,13-22H2,1-7H3. The van der Waals surface area contributed by atoms with E-state index < -0.39 is 8.80 Å². The maximum Gasteiger partial charge on any atom is 0.500 e. The number of aliphatic imine (C=N–C) groups is 2. The summed E-state index contributed by atoms with van der Waals surface area (Å²) in [5.41, 5.74) is 2.93. The number of carbonyl (C=O) groups excluding carboxylic acids is 2. The molecule has 40 heavy (non-hydrogen) atoms. The smallest absolute Gasteiger partial charge is 0.494 e. The Morgan fingerprint density at radius 1 is 0.825 bits per heavy atom. The fourth-order valence-corrected chi connectivity index (χ4v) is 6.65. The molecule has 0 aromatic heterocycles. The second-order valence-electron chi connectivity index (χ2n) is 10.3. The molecule has 1 aliphatic heterocycles. The summed E-state index contributed by atoms with van der Waals surface area (Å²) in [6, 6.07) is 8.96. The highest BCUT2D eigenvalue weighted by Gasteiger charge is 2.37. The molecule has 1 aromatic carbocycles. The maximum atomic E-state index is 11.4. The molecule has 0 saturated carbocycles. The number of Topliss-reactive ketones (excluding diaryl/α,β-unsaturated/α-hetero) is 2. The normalized spacial score (nSPS) is 17.4. The fourth-order valence-electron chi connectivity index (χ4n) is 4.96. The second-order valence-corrected chi connectivity index (χ2v) is 13.3. The third-order valence-corrected chi connectivity index (χ3v) is 9.75. The maximum absolute atomic E-state index is 11.4. The lowest BCUT2D eigenvalue weighted by atomic mass is 10.1. The summed E-state index contributed by atoms with van der Waals surface area (Å²) in [5, 5.41) is 0. The van der Waals surface area contributed by atoms with Crippen molar-refractivity contribution in [3.63, 3.8) is 0 Å². The van der Waals surface area contributed by atoms with Crippen molar-refractivity contribution in [2.24, 2.45) is 9.98 Å². The van der Waals surface area contributed by atoms with Gasteiger partial charge in [-0.05, 0) is 51.8 Å². The van der Waals surface area contributed by atoms with Crippen LogP contribution < -0.4 is 4.74 Å². The summed E-state index contributed by atoms with van der Waals surface area (Å²) in [5.74, 6) is 1.08. The number of rotatable bonds is 19. The van der Waals surface area contributed by atoms with Gasteiger partial charge in [0, 0.05) is 77.8 Å². The molecule has 224 valence electrons. The molecular formula is C29H48N4O6Si. The average molecular weight is 577 g/mol. The van der Waals surface area contributed by atoms with Gasteiger partial charge in [0.05, 0.1) is 25.9 Å². The molecule has 0 radical (unpaired) electrons. The predicted molar refractivity (Wildman–Crippen MR) is 161 cm³/mol. The van der Waals surface area contributed by atoms with Gasteiger partial charge >= 0.3 is 8.80 Å². The van der Waals surface area contributed by atoms with Crippen molar-refractivity contribution in [2.75, 3.05) is 67.2 Å². The summed E-state index contributed by atoms with van der Waals surface area (Å²) < 4.78 is 22.4. The minimum atomic E-state index is -2.59. The first-order chi connectivity index (χ1) is 19.1. The first kappa shape index (κ1) is 33.9. The highest BCUT2D eigenvalue weighted by atomic mass is 28.4. The lowest BCUT2D eigenvalue weighted by Crippen LogP contribution is -2.42. The molecule has 11 heteroatoms. The van der Waals surface area contributed by atoms with Gasteiger partial charge in [0.25, 0.3) is 0 Å². The topological polar surface area (TPSA) is 102 Å². The number of carbonyl (C=O) groups is 2. The Labute approximate surface area is 241 Å². The van der Waals surface area contributed by atoms with Gasteiger partial charge < -0.3 is 18.0 Å². The molecule has 2 rings (SSSR count). The molecule has 0 bridgehead atoms. The van der Waals surface area contributed by atoms with E-state index in [0.717, 1.165) is 49.8 Å². The Kier molecular flexibility index (Phi) is 14.9. The predicted octanol–water partition coefficient (Wildman–Crippen LogP) is 3.83. The Balaban J connectivity index is 2.06. The number of hydrogen-bond donors (Lipinski definition) is 0. The van der Waals surface area contributed by atoms with Crippen LogP contribution in [-0.4, -0.2) is 109 Å². The van der Waals surface area contributed by atoms with Crippen LogP contribution in [-0.2, 0) is 22.9 Å². The lowest BCUT2D eigenvalue weighted by molar-refractivity contribution is -0.116. The van der Waals surface area contributed by atoms with E-state index in [1.807, 2.05) is 26.0 Å². The minimum absolute atomic E-state index is 0.0948. The summed E-state index contributed by atoms with van der Waals surface area (Å²) in [6.07, 6.45) is 1.67. The summed E-state index contributed by atoms with van der Waals surface area (Å²) in [6.45, 7) is 12.3. The largest absolute Gasteiger partial charge is 0.500 e. The molecule has 1 saturated heterocycles. The van der Waals surface area contributed by atoms with Crippen LogP contribution in [0.1, 0.15) is 58.7 Å². The molecular weight excluding hydrogens is 528 g/mol. The third kappa shape index (κ3) is 11.3. The molecule has 0 N–H and O–H groups in total. The Bertz CT molecular complexity index is 944. The molecule has 0 atom stereocenters. The molecule has 0 aliphatic carbocycles. The van der Waals surface area contributed by atoms with Crippen LogP contribution in [0.25, 0.3) is 0 Å². The SMILES string of the molecule is CO[Si](CCCOc1ccc(C2N(CCN=C(C)CC(C)=O)CCN2CCN=C(C)CC(C)=O)cc1)(OC)OC. The van der Waals surface area contributed by atoms with Crippen LogP contribution in [0.2, 0.25) is 6.04 Å². The number of nitrogens with zero attached hydrogens (tertiary/aromatic N) is 4. The van der Waals surface area contributed by atoms with Gasteiger partial charge in [0.15, 0.2) is 0 Å². The first-order valence-corrected chi connectivity index (χ1v) is 15.9. The van der Waals surface area contributed by atoms with Crippen molar-refractivity contribution >= 4 is 31.8 Å². The molecule has 1 heterocycles. The van der Waals surface area contributed by atoms with E-state index in [0.29, 0.717) is 38.6 Å². The monoisotopic (exact) mass is 576 g/mol. The lowest BCUT2D eigenvalue weighted by Gasteiger charge is -2.30. The highest BCUT2D eigenvalue weighted by Crippen LogP contribution is 2.31. The van der Waals surface area contributed by atoms with Crippen LogP contribution in [0.3, 0.4) is 0 Å². The van der Waals surface area contributed by atoms with E-state index in [1.165, 1.54) is 5.56 Å². The van der Waals surface area contributed by atoms with Gasteiger partial charge in [-0.1, -0.05) is 12.1 Å². The van der Waals surface area contributed by atoms with Gasteiger partial charge in [0.2, 0.25) is 0 Å². The molecule has 1 aliphatic rings. The van der Waals surface area contributed by atoms with Crippen LogP contribution in [0.5, 0.6) is 5.75 Å². The zero-order valence-electron chi connectivity index (χ0n) is 25.4. The van der Waals surface area contributed by atoms with Gasteiger partial charge in [-0.2, -0.15) is 0 Å². The Morgan fingerprint density at radius 3 is 1.73 bits per heavy atom. The number of hydrogen-bond acceptors (Lipinski definition) is 10. The zero-order valence-corrected chi connectivity index (χ0v) is 26.4. The summed E-state index contributed by atoms with van der Waals surface area (Å²) in [7, 11) is 2.26. The van der Waals surface area contributed by atoms with E-state index in [-0.39, 0.29) is 17.7 Å². The molecule has 1 aromatic rings. The molecule has 0 unspecified atom stereocenters. The van der Waals surface area contributed by atoms with Crippen LogP contribution >= 0.6 is 0 Å². The Hall–Kier alpha value is -2.28. The fraction of sp³-hybridized carbons (Fsp3) is 0.655. The Morgan fingerprint density at radius 2 is 1.30 bits per heavy atom. The molecule has 0 spiro atoms. The quantitative estimate of drug-likeness (QED) is 0.139. The van der Waals surface area contributed by atoms with Crippen molar-refractivity contribution < 1.29 is 27.6 Å². The highest BCUT2D eigenvalue weighted by molar-refractivity contribution is 6.60. The zero-order chi connectivity index (χ0) is 29.5. The summed E-state index contributed by atoms with van der Waals surface area (Å²) in [4.78, 5) is 36.9. The number of ether oxygens (including phenoxy) is 1.